The molecule has 33 heavy (non-hydrogen) atoms. The van der Waals surface area contributed by atoms with Crippen molar-refractivity contribution in [3.8, 4) is 11.6 Å². The van der Waals surface area contributed by atoms with E-state index in [-0.39, 0.29) is 16.6 Å². The van der Waals surface area contributed by atoms with Crippen LogP contribution in [-0.4, -0.2) is 20.7 Å². The minimum Gasteiger partial charge on any atom is -0.402 e. The number of para-hydroxylation sites is 2. The van der Waals surface area contributed by atoms with E-state index in [0.29, 0.717) is 21.2 Å². The zero-order valence-corrected chi connectivity index (χ0v) is 18.6. The average Bonchev–Trinajstić information content (AvgIpc) is 3.09. The molecule has 0 saturated heterocycles. The summed E-state index contributed by atoms with van der Waals surface area (Å²) < 4.78 is 21.3. The van der Waals surface area contributed by atoms with E-state index in [0.717, 1.165) is 17.8 Å². The first kappa shape index (κ1) is 22.5. The fourth-order valence-electron chi connectivity index (χ4n) is 3.08. The Morgan fingerprint density at radius 2 is 1.79 bits per heavy atom. The lowest BCUT2D eigenvalue weighted by atomic mass is 10.2. The SMILES string of the molecule is Cc1nn(-c2ccccc2)c(OC(=O)c2c(F)cccc2Cl)c1Sc1ccccc1[N+](=O)[O-]. The molecule has 7 nitrogen and oxygen atoms in total. The van der Waals surface area contributed by atoms with E-state index in [1.54, 1.807) is 49.4 Å². The van der Waals surface area contributed by atoms with Crippen LogP contribution in [-0.2, 0) is 0 Å². The molecule has 0 aliphatic heterocycles. The number of nitro benzene ring substituents is 1. The number of carbonyl (C=O) groups is 1. The fraction of sp³-hybridized carbons (Fsp3) is 0.0435. The Balaban J connectivity index is 1.84. The molecule has 3 aromatic carbocycles. The molecule has 0 fully saturated rings. The smallest absolute Gasteiger partial charge is 0.349 e. The molecule has 0 unspecified atom stereocenters. The van der Waals surface area contributed by atoms with Crippen LogP contribution in [0, 0.1) is 22.9 Å². The molecule has 0 aliphatic rings. The maximum atomic E-state index is 14.3. The van der Waals surface area contributed by atoms with Crippen molar-refractivity contribution in [1.82, 2.24) is 9.78 Å². The van der Waals surface area contributed by atoms with Crippen molar-refractivity contribution >= 4 is 35.0 Å². The molecule has 0 amide bonds. The van der Waals surface area contributed by atoms with E-state index in [2.05, 4.69) is 5.10 Å². The Kier molecular flexibility index (Phi) is 6.43. The summed E-state index contributed by atoms with van der Waals surface area (Å²) in [4.78, 5) is 24.6. The molecule has 0 bridgehead atoms. The number of halogens is 2. The van der Waals surface area contributed by atoms with Gasteiger partial charge in [-0.25, -0.2) is 9.18 Å². The van der Waals surface area contributed by atoms with E-state index in [1.165, 1.54) is 22.9 Å². The predicted molar refractivity (Wildman–Crippen MR) is 122 cm³/mol. The summed E-state index contributed by atoms with van der Waals surface area (Å²) in [6.45, 7) is 1.68. The van der Waals surface area contributed by atoms with Gasteiger partial charge in [-0.05, 0) is 37.3 Å². The van der Waals surface area contributed by atoms with Crippen LogP contribution in [0.1, 0.15) is 16.1 Å². The number of aryl methyl sites for hydroxylation is 1. The number of aromatic nitrogens is 2. The third kappa shape index (κ3) is 4.59. The van der Waals surface area contributed by atoms with Gasteiger partial charge in [0.1, 0.15) is 11.4 Å². The molecule has 0 spiro atoms. The summed E-state index contributed by atoms with van der Waals surface area (Å²) in [7, 11) is 0. The normalized spacial score (nSPS) is 10.8. The highest BCUT2D eigenvalue weighted by Crippen LogP contribution is 2.42. The highest BCUT2D eigenvalue weighted by Gasteiger charge is 2.27. The average molecular weight is 484 g/mol. The Morgan fingerprint density at radius 3 is 2.48 bits per heavy atom. The standard InChI is InChI=1S/C23H15ClFN3O4S/c1-14-21(33-19-13-6-5-12-18(19)28(30)31)22(27(26-14)15-8-3-2-4-9-15)32-23(29)20-16(24)10-7-11-17(20)25/h2-13H,1H3. The second-order valence-electron chi connectivity index (χ2n) is 6.78. The van der Waals surface area contributed by atoms with E-state index >= 15 is 0 Å². The topological polar surface area (TPSA) is 87.3 Å². The second kappa shape index (κ2) is 9.43. The van der Waals surface area contributed by atoms with Gasteiger partial charge >= 0.3 is 5.97 Å². The van der Waals surface area contributed by atoms with Crippen molar-refractivity contribution in [1.29, 1.82) is 0 Å². The zero-order chi connectivity index (χ0) is 23.5. The second-order valence-corrected chi connectivity index (χ2v) is 8.24. The quantitative estimate of drug-likeness (QED) is 0.183. The Bertz CT molecular complexity index is 1340. The molecule has 0 saturated carbocycles. The molecule has 1 heterocycles. The molecule has 0 N–H and O–H groups in total. The minimum atomic E-state index is -1.01. The number of hydrogen-bond donors (Lipinski definition) is 0. The number of ether oxygens (including phenoxy) is 1. The number of carbonyl (C=O) groups excluding carboxylic acids is 1. The zero-order valence-electron chi connectivity index (χ0n) is 17.1. The monoisotopic (exact) mass is 483 g/mol. The van der Waals surface area contributed by atoms with Crippen LogP contribution in [0.2, 0.25) is 5.02 Å². The van der Waals surface area contributed by atoms with E-state index in [1.807, 2.05) is 6.07 Å². The van der Waals surface area contributed by atoms with Gasteiger partial charge in [0.05, 0.1) is 31.1 Å². The largest absolute Gasteiger partial charge is 0.402 e. The molecular formula is C23H15ClFN3O4S. The summed E-state index contributed by atoms with van der Waals surface area (Å²) >= 11 is 7.06. The van der Waals surface area contributed by atoms with Gasteiger partial charge in [-0.2, -0.15) is 9.78 Å². The predicted octanol–water partition coefficient (Wildman–Crippen LogP) is 6.25. The lowest BCUT2D eigenvalue weighted by Crippen LogP contribution is -2.14. The molecule has 0 atom stereocenters. The summed E-state index contributed by atoms with van der Waals surface area (Å²) in [6.07, 6.45) is 0. The van der Waals surface area contributed by atoms with E-state index in [9.17, 15) is 19.3 Å². The van der Waals surface area contributed by atoms with Crippen LogP contribution >= 0.6 is 23.4 Å². The number of esters is 1. The fourth-order valence-corrected chi connectivity index (χ4v) is 4.34. The van der Waals surface area contributed by atoms with Gasteiger partial charge in [-0.3, -0.25) is 10.1 Å². The molecule has 4 rings (SSSR count). The number of benzene rings is 3. The maximum Gasteiger partial charge on any atom is 0.349 e. The van der Waals surface area contributed by atoms with Crippen molar-refractivity contribution in [2.45, 2.75) is 16.7 Å². The van der Waals surface area contributed by atoms with Crippen LogP contribution in [0.5, 0.6) is 5.88 Å². The number of hydrogen-bond acceptors (Lipinski definition) is 6. The van der Waals surface area contributed by atoms with Gasteiger partial charge in [0.15, 0.2) is 0 Å². The highest BCUT2D eigenvalue weighted by atomic mass is 35.5. The minimum absolute atomic E-state index is 0.00818. The van der Waals surface area contributed by atoms with Gasteiger partial charge in [-0.1, -0.05) is 59.8 Å². The number of nitro groups is 1. The first-order valence-corrected chi connectivity index (χ1v) is 10.8. The van der Waals surface area contributed by atoms with Crippen molar-refractivity contribution in [2.24, 2.45) is 0 Å². The van der Waals surface area contributed by atoms with Crippen molar-refractivity contribution in [3.05, 3.63) is 105 Å². The van der Waals surface area contributed by atoms with E-state index in [4.69, 9.17) is 16.3 Å². The first-order valence-electron chi connectivity index (χ1n) is 9.59. The van der Waals surface area contributed by atoms with Crippen LogP contribution in [0.25, 0.3) is 5.69 Å². The molecule has 0 aliphatic carbocycles. The lowest BCUT2D eigenvalue weighted by molar-refractivity contribution is -0.387. The van der Waals surface area contributed by atoms with Gasteiger partial charge in [0.25, 0.3) is 5.69 Å². The van der Waals surface area contributed by atoms with Crippen LogP contribution < -0.4 is 4.74 Å². The molecule has 4 aromatic rings. The Hall–Kier alpha value is -3.69. The van der Waals surface area contributed by atoms with Crippen molar-refractivity contribution in [2.75, 3.05) is 0 Å². The van der Waals surface area contributed by atoms with Crippen molar-refractivity contribution < 1.29 is 18.8 Å². The molecule has 10 heteroatoms. The Labute approximate surface area is 196 Å². The van der Waals surface area contributed by atoms with Gasteiger partial charge in [0, 0.05) is 6.07 Å². The summed E-state index contributed by atoms with van der Waals surface area (Å²) in [5.41, 5.74) is 0.518. The Morgan fingerprint density at radius 1 is 1.09 bits per heavy atom. The van der Waals surface area contributed by atoms with Gasteiger partial charge < -0.3 is 4.74 Å². The van der Waals surface area contributed by atoms with Gasteiger partial charge in [-0.15, -0.1) is 0 Å². The summed E-state index contributed by atoms with van der Waals surface area (Å²) in [6, 6.07) is 18.9. The maximum absolute atomic E-state index is 14.3. The first-order chi connectivity index (χ1) is 15.9. The number of nitrogens with zero attached hydrogens (tertiary/aromatic N) is 3. The molecular weight excluding hydrogens is 469 g/mol. The third-order valence-electron chi connectivity index (χ3n) is 4.60. The van der Waals surface area contributed by atoms with Crippen LogP contribution in [0.3, 0.4) is 0 Å². The van der Waals surface area contributed by atoms with Gasteiger partial charge in [0.2, 0.25) is 5.88 Å². The summed E-state index contributed by atoms with van der Waals surface area (Å²) in [5, 5.41) is 15.8. The molecule has 0 radical (unpaired) electrons. The number of rotatable bonds is 6. The molecule has 166 valence electrons. The van der Waals surface area contributed by atoms with Crippen LogP contribution in [0.4, 0.5) is 10.1 Å². The highest BCUT2D eigenvalue weighted by molar-refractivity contribution is 7.99. The molecule has 1 aromatic heterocycles. The van der Waals surface area contributed by atoms with E-state index < -0.39 is 22.3 Å². The third-order valence-corrected chi connectivity index (χ3v) is 6.15. The summed E-state index contributed by atoms with van der Waals surface area (Å²) in [5.74, 6) is -1.85. The lowest BCUT2D eigenvalue weighted by Gasteiger charge is -2.11. The van der Waals surface area contributed by atoms with Crippen molar-refractivity contribution in [3.63, 3.8) is 0 Å². The van der Waals surface area contributed by atoms with Crippen LogP contribution in [0.15, 0.2) is 82.6 Å².